The molecule has 1 saturated heterocycles. The molecule has 5 heteroatoms. The van der Waals surface area contributed by atoms with E-state index in [1.54, 1.807) is 7.11 Å². The van der Waals surface area contributed by atoms with Crippen LogP contribution in [0.5, 0.6) is 5.75 Å². The first-order valence-electron chi connectivity index (χ1n) is 9.50. The summed E-state index contributed by atoms with van der Waals surface area (Å²) < 4.78 is 5.32. The van der Waals surface area contributed by atoms with Gasteiger partial charge in [0.05, 0.1) is 19.7 Å². The number of carbonyl (C=O) groups excluding carboxylic acids is 1. The standard InChI is InChI=1S/C22H29N3O2/c1-18(19-8-5-4-6-9-19)23(2)22(26)17-24-12-14-25(15-13-24)20-10-7-11-21(16-20)27-3/h4-11,16,18H,12-15,17H2,1-3H3/t18-/m0/s1. The number of likely N-dealkylation sites (N-methyl/N-ethyl adjacent to an activating group) is 1. The Kier molecular flexibility index (Phi) is 6.35. The molecule has 2 aromatic carbocycles. The van der Waals surface area contributed by atoms with Crippen molar-refractivity contribution in [1.29, 1.82) is 0 Å². The largest absolute Gasteiger partial charge is 0.497 e. The summed E-state index contributed by atoms with van der Waals surface area (Å²) in [7, 11) is 3.59. The maximum Gasteiger partial charge on any atom is 0.236 e. The van der Waals surface area contributed by atoms with Crippen LogP contribution in [-0.2, 0) is 4.79 Å². The zero-order chi connectivity index (χ0) is 19.2. The van der Waals surface area contributed by atoms with Crippen LogP contribution < -0.4 is 9.64 Å². The van der Waals surface area contributed by atoms with Gasteiger partial charge in [-0.25, -0.2) is 0 Å². The van der Waals surface area contributed by atoms with Crippen molar-refractivity contribution in [3.63, 3.8) is 0 Å². The molecule has 1 amide bonds. The van der Waals surface area contributed by atoms with Gasteiger partial charge in [-0.2, -0.15) is 0 Å². The van der Waals surface area contributed by atoms with Gasteiger partial charge >= 0.3 is 0 Å². The molecule has 1 heterocycles. The Bertz CT molecular complexity index is 742. The van der Waals surface area contributed by atoms with Gasteiger partial charge in [-0.1, -0.05) is 36.4 Å². The molecule has 1 aliphatic rings. The van der Waals surface area contributed by atoms with E-state index in [1.807, 2.05) is 42.3 Å². The highest BCUT2D eigenvalue weighted by Crippen LogP contribution is 2.22. The van der Waals surface area contributed by atoms with Gasteiger partial charge in [0.2, 0.25) is 5.91 Å². The number of rotatable bonds is 6. The fraction of sp³-hybridized carbons (Fsp3) is 0.409. The van der Waals surface area contributed by atoms with E-state index in [0.29, 0.717) is 6.54 Å². The molecule has 2 aromatic rings. The van der Waals surface area contributed by atoms with Gasteiger partial charge in [-0.15, -0.1) is 0 Å². The molecule has 27 heavy (non-hydrogen) atoms. The quantitative estimate of drug-likeness (QED) is 0.786. The number of amides is 1. The summed E-state index contributed by atoms with van der Waals surface area (Å²) >= 11 is 0. The summed E-state index contributed by atoms with van der Waals surface area (Å²) in [6, 6.07) is 18.4. The third-order valence-electron chi connectivity index (χ3n) is 5.41. The molecule has 144 valence electrons. The minimum absolute atomic E-state index is 0.0803. The summed E-state index contributed by atoms with van der Waals surface area (Å²) in [6.07, 6.45) is 0. The van der Waals surface area contributed by atoms with Crippen molar-refractivity contribution in [1.82, 2.24) is 9.80 Å². The van der Waals surface area contributed by atoms with Gasteiger partial charge in [-0.05, 0) is 24.6 Å². The van der Waals surface area contributed by atoms with E-state index < -0.39 is 0 Å². The van der Waals surface area contributed by atoms with Crippen LogP contribution in [0.1, 0.15) is 18.5 Å². The Labute approximate surface area is 162 Å². The minimum atomic E-state index is 0.0803. The summed E-state index contributed by atoms with van der Waals surface area (Å²) in [6.45, 7) is 6.15. The van der Waals surface area contributed by atoms with Crippen LogP contribution in [0.2, 0.25) is 0 Å². The van der Waals surface area contributed by atoms with Crippen LogP contribution in [0.4, 0.5) is 5.69 Å². The maximum atomic E-state index is 12.7. The molecule has 0 bridgehead atoms. The average Bonchev–Trinajstić information content (AvgIpc) is 2.73. The van der Waals surface area contributed by atoms with Crippen LogP contribution in [-0.4, -0.2) is 62.6 Å². The predicted octanol–water partition coefficient (Wildman–Crippen LogP) is 3.04. The highest BCUT2D eigenvalue weighted by Gasteiger charge is 2.23. The minimum Gasteiger partial charge on any atom is -0.497 e. The molecule has 0 aliphatic carbocycles. The van der Waals surface area contributed by atoms with Crippen LogP contribution in [0, 0.1) is 0 Å². The van der Waals surface area contributed by atoms with Crippen molar-refractivity contribution in [2.75, 3.05) is 51.8 Å². The van der Waals surface area contributed by atoms with E-state index in [4.69, 9.17) is 4.74 Å². The topological polar surface area (TPSA) is 36.0 Å². The summed E-state index contributed by atoms with van der Waals surface area (Å²) in [4.78, 5) is 19.2. The van der Waals surface area contributed by atoms with Crippen molar-refractivity contribution in [3.05, 3.63) is 60.2 Å². The number of hydrogen-bond donors (Lipinski definition) is 0. The smallest absolute Gasteiger partial charge is 0.236 e. The van der Waals surface area contributed by atoms with Crippen molar-refractivity contribution in [2.45, 2.75) is 13.0 Å². The number of piperazine rings is 1. The van der Waals surface area contributed by atoms with Crippen molar-refractivity contribution >= 4 is 11.6 Å². The van der Waals surface area contributed by atoms with Gasteiger partial charge in [0.15, 0.2) is 0 Å². The maximum absolute atomic E-state index is 12.7. The predicted molar refractivity (Wildman–Crippen MR) is 109 cm³/mol. The van der Waals surface area contributed by atoms with Crippen LogP contribution in [0.15, 0.2) is 54.6 Å². The molecule has 0 N–H and O–H groups in total. The molecule has 0 unspecified atom stereocenters. The summed E-state index contributed by atoms with van der Waals surface area (Å²) in [5.74, 6) is 1.04. The SMILES string of the molecule is COc1cccc(N2CCN(CC(=O)N(C)[C@@H](C)c3ccccc3)CC2)c1. The van der Waals surface area contributed by atoms with Gasteiger partial charge in [0, 0.05) is 45.0 Å². The third kappa shape index (κ3) is 4.80. The fourth-order valence-electron chi connectivity index (χ4n) is 3.45. The number of ether oxygens (including phenoxy) is 1. The zero-order valence-corrected chi connectivity index (χ0v) is 16.5. The number of methoxy groups -OCH3 is 1. The first-order chi connectivity index (χ1) is 13.1. The highest BCUT2D eigenvalue weighted by molar-refractivity contribution is 5.78. The van der Waals surface area contributed by atoms with Crippen LogP contribution in [0.25, 0.3) is 0 Å². The lowest BCUT2D eigenvalue weighted by molar-refractivity contribution is -0.133. The molecule has 1 atom stereocenters. The lowest BCUT2D eigenvalue weighted by Crippen LogP contribution is -2.50. The van der Waals surface area contributed by atoms with Gasteiger partial charge in [-0.3, -0.25) is 9.69 Å². The fourth-order valence-corrected chi connectivity index (χ4v) is 3.45. The first kappa shape index (κ1) is 19.2. The molecule has 0 saturated carbocycles. The molecule has 1 aliphatic heterocycles. The lowest BCUT2D eigenvalue weighted by Gasteiger charge is -2.37. The number of carbonyl (C=O) groups is 1. The van der Waals surface area contributed by atoms with Gasteiger partial charge in [0.25, 0.3) is 0 Å². The summed E-state index contributed by atoms with van der Waals surface area (Å²) in [5.41, 5.74) is 2.34. The second kappa shape index (κ2) is 8.91. The molecular formula is C22H29N3O2. The van der Waals surface area contributed by atoms with Crippen molar-refractivity contribution in [2.24, 2.45) is 0 Å². The lowest BCUT2D eigenvalue weighted by atomic mass is 10.1. The van der Waals surface area contributed by atoms with Gasteiger partial charge in [0.1, 0.15) is 5.75 Å². The Balaban J connectivity index is 1.51. The van der Waals surface area contributed by atoms with Crippen LogP contribution in [0.3, 0.4) is 0 Å². The molecule has 3 rings (SSSR count). The molecular weight excluding hydrogens is 338 g/mol. The van der Waals surface area contributed by atoms with Crippen molar-refractivity contribution in [3.8, 4) is 5.75 Å². The third-order valence-corrected chi connectivity index (χ3v) is 5.41. The van der Waals surface area contributed by atoms with Crippen LogP contribution >= 0.6 is 0 Å². The molecule has 0 spiro atoms. The second-order valence-corrected chi connectivity index (χ2v) is 7.06. The van der Waals surface area contributed by atoms with E-state index in [1.165, 1.54) is 5.69 Å². The van der Waals surface area contributed by atoms with E-state index in [0.717, 1.165) is 37.5 Å². The van der Waals surface area contributed by atoms with Crippen molar-refractivity contribution < 1.29 is 9.53 Å². The second-order valence-electron chi connectivity index (χ2n) is 7.06. The average molecular weight is 367 g/mol. The number of anilines is 1. The normalized spacial score (nSPS) is 16.0. The molecule has 1 fully saturated rings. The highest BCUT2D eigenvalue weighted by atomic mass is 16.5. The monoisotopic (exact) mass is 367 g/mol. The number of nitrogens with zero attached hydrogens (tertiary/aromatic N) is 3. The first-order valence-corrected chi connectivity index (χ1v) is 9.50. The number of hydrogen-bond acceptors (Lipinski definition) is 4. The molecule has 5 nitrogen and oxygen atoms in total. The van der Waals surface area contributed by atoms with E-state index in [-0.39, 0.29) is 11.9 Å². The van der Waals surface area contributed by atoms with Gasteiger partial charge < -0.3 is 14.5 Å². The van der Waals surface area contributed by atoms with E-state index >= 15 is 0 Å². The molecule has 0 radical (unpaired) electrons. The van der Waals surface area contributed by atoms with E-state index in [2.05, 4.69) is 41.0 Å². The van der Waals surface area contributed by atoms with E-state index in [9.17, 15) is 4.79 Å². The zero-order valence-electron chi connectivity index (χ0n) is 16.5. The number of benzene rings is 2. The Morgan fingerprint density at radius 1 is 1.07 bits per heavy atom. The summed E-state index contributed by atoms with van der Waals surface area (Å²) in [5, 5.41) is 0. The Morgan fingerprint density at radius 2 is 1.78 bits per heavy atom. The molecule has 0 aromatic heterocycles. The Hall–Kier alpha value is -2.53. The Morgan fingerprint density at radius 3 is 2.44 bits per heavy atom.